The minimum Gasteiger partial charge on any atom is -0.381 e. The standard InChI is InChI=1S/C15H28N2O/c1-11(13-5-7-18-10-13)16-6-4-12-8-14-2-3-15(9-12)17-14/h11-17H,2-10H2,1H3. The van der Waals surface area contributed by atoms with Gasteiger partial charge in [-0.25, -0.2) is 0 Å². The van der Waals surface area contributed by atoms with Crippen LogP contribution in [-0.2, 0) is 4.74 Å². The third-order valence-electron chi connectivity index (χ3n) is 5.26. The molecule has 2 bridgehead atoms. The Kier molecular flexibility index (Phi) is 4.22. The molecule has 4 unspecified atom stereocenters. The molecule has 4 atom stereocenters. The number of nitrogens with one attached hydrogen (secondary N) is 2. The fourth-order valence-corrected chi connectivity index (χ4v) is 4.04. The summed E-state index contributed by atoms with van der Waals surface area (Å²) < 4.78 is 5.46. The second-order valence-electron chi connectivity index (χ2n) is 6.63. The van der Waals surface area contributed by atoms with Gasteiger partial charge in [0.2, 0.25) is 0 Å². The van der Waals surface area contributed by atoms with Crippen LogP contribution in [0.1, 0.15) is 45.4 Å². The fourth-order valence-electron chi connectivity index (χ4n) is 4.04. The van der Waals surface area contributed by atoms with E-state index in [1.165, 1.54) is 45.1 Å². The zero-order valence-corrected chi connectivity index (χ0v) is 11.7. The Balaban J connectivity index is 1.34. The van der Waals surface area contributed by atoms with Crippen molar-refractivity contribution in [2.75, 3.05) is 19.8 Å². The maximum absolute atomic E-state index is 5.46. The Hall–Kier alpha value is -0.120. The van der Waals surface area contributed by atoms with Crippen LogP contribution in [0, 0.1) is 11.8 Å². The molecule has 18 heavy (non-hydrogen) atoms. The normalized spacial score (nSPS) is 41.2. The summed E-state index contributed by atoms with van der Waals surface area (Å²) in [5.74, 6) is 1.71. The topological polar surface area (TPSA) is 33.3 Å². The molecule has 0 spiro atoms. The van der Waals surface area contributed by atoms with E-state index in [4.69, 9.17) is 4.74 Å². The summed E-state index contributed by atoms with van der Waals surface area (Å²) in [6.07, 6.45) is 8.28. The van der Waals surface area contributed by atoms with Crippen LogP contribution < -0.4 is 10.6 Å². The first-order valence-corrected chi connectivity index (χ1v) is 7.88. The summed E-state index contributed by atoms with van der Waals surface area (Å²) in [6.45, 7) is 5.45. The van der Waals surface area contributed by atoms with Crippen LogP contribution >= 0.6 is 0 Å². The van der Waals surface area contributed by atoms with Crippen molar-refractivity contribution in [1.82, 2.24) is 10.6 Å². The van der Waals surface area contributed by atoms with Crippen LogP contribution in [0.25, 0.3) is 0 Å². The van der Waals surface area contributed by atoms with Crippen molar-refractivity contribution in [3.63, 3.8) is 0 Å². The summed E-state index contributed by atoms with van der Waals surface area (Å²) >= 11 is 0. The second-order valence-corrected chi connectivity index (χ2v) is 6.63. The van der Waals surface area contributed by atoms with E-state index in [1.54, 1.807) is 0 Å². The molecule has 2 N–H and O–H groups in total. The van der Waals surface area contributed by atoms with Gasteiger partial charge >= 0.3 is 0 Å². The number of hydrogen-bond acceptors (Lipinski definition) is 3. The van der Waals surface area contributed by atoms with Gasteiger partial charge in [-0.2, -0.15) is 0 Å². The highest BCUT2D eigenvalue weighted by Crippen LogP contribution is 2.32. The number of hydrogen-bond donors (Lipinski definition) is 2. The zero-order valence-electron chi connectivity index (χ0n) is 11.7. The average Bonchev–Trinajstić information content (AvgIpc) is 2.99. The van der Waals surface area contributed by atoms with Crippen molar-refractivity contribution in [1.29, 1.82) is 0 Å². The zero-order chi connectivity index (χ0) is 12.4. The number of rotatable bonds is 5. The van der Waals surface area contributed by atoms with E-state index < -0.39 is 0 Å². The van der Waals surface area contributed by atoms with E-state index >= 15 is 0 Å². The van der Waals surface area contributed by atoms with Crippen LogP contribution in [-0.4, -0.2) is 37.9 Å². The lowest BCUT2D eigenvalue weighted by molar-refractivity contribution is 0.177. The van der Waals surface area contributed by atoms with Gasteiger partial charge in [0.1, 0.15) is 0 Å². The molecule has 104 valence electrons. The van der Waals surface area contributed by atoms with Crippen molar-refractivity contribution in [2.45, 2.75) is 63.6 Å². The highest BCUT2D eigenvalue weighted by Gasteiger charge is 2.33. The third kappa shape index (κ3) is 3.06. The monoisotopic (exact) mass is 252 g/mol. The number of fused-ring (bicyclic) bond motifs is 2. The summed E-state index contributed by atoms with van der Waals surface area (Å²) in [4.78, 5) is 0. The molecule has 3 heterocycles. The van der Waals surface area contributed by atoms with Gasteiger partial charge in [0, 0.05) is 24.7 Å². The van der Waals surface area contributed by atoms with Gasteiger partial charge < -0.3 is 15.4 Å². The van der Waals surface area contributed by atoms with Crippen LogP contribution in [0.2, 0.25) is 0 Å². The van der Waals surface area contributed by atoms with Crippen molar-refractivity contribution >= 4 is 0 Å². The molecule has 3 fully saturated rings. The Labute approximate surface area is 111 Å². The molecule has 3 heteroatoms. The molecule has 3 aliphatic heterocycles. The Bertz CT molecular complexity index is 253. The summed E-state index contributed by atoms with van der Waals surface area (Å²) in [7, 11) is 0. The highest BCUT2D eigenvalue weighted by molar-refractivity contribution is 4.92. The van der Waals surface area contributed by atoms with E-state index in [-0.39, 0.29) is 0 Å². The van der Waals surface area contributed by atoms with Crippen LogP contribution in [0.15, 0.2) is 0 Å². The number of ether oxygens (including phenoxy) is 1. The third-order valence-corrected chi connectivity index (χ3v) is 5.26. The van der Waals surface area contributed by atoms with Crippen molar-refractivity contribution < 1.29 is 4.74 Å². The minimum atomic E-state index is 0.630. The van der Waals surface area contributed by atoms with E-state index in [2.05, 4.69) is 17.6 Å². The Morgan fingerprint density at radius 2 is 2.00 bits per heavy atom. The van der Waals surface area contributed by atoms with E-state index in [1.807, 2.05) is 0 Å². The lowest BCUT2D eigenvalue weighted by Gasteiger charge is -2.29. The molecule has 0 aromatic carbocycles. The predicted octanol–water partition coefficient (Wildman–Crippen LogP) is 1.92. The average molecular weight is 252 g/mol. The maximum Gasteiger partial charge on any atom is 0.0509 e. The molecular weight excluding hydrogens is 224 g/mol. The molecule has 0 radical (unpaired) electrons. The van der Waals surface area contributed by atoms with Gasteiger partial charge in [0.25, 0.3) is 0 Å². The lowest BCUT2D eigenvalue weighted by atomic mass is 9.89. The summed E-state index contributed by atoms with van der Waals surface area (Å²) in [5, 5.41) is 7.45. The molecule has 3 saturated heterocycles. The molecular formula is C15H28N2O. The Morgan fingerprint density at radius 3 is 2.67 bits per heavy atom. The van der Waals surface area contributed by atoms with Crippen molar-refractivity contribution in [3.8, 4) is 0 Å². The van der Waals surface area contributed by atoms with Crippen LogP contribution in [0.3, 0.4) is 0 Å². The molecule has 0 aromatic rings. The molecule has 3 aliphatic rings. The van der Waals surface area contributed by atoms with Gasteiger partial charge in [0.05, 0.1) is 6.61 Å². The van der Waals surface area contributed by atoms with Gasteiger partial charge in [-0.15, -0.1) is 0 Å². The lowest BCUT2D eigenvalue weighted by Crippen LogP contribution is -2.40. The van der Waals surface area contributed by atoms with Crippen molar-refractivity contribution in [2.24, 2.45) is 11.8 Å². The molecule has 0 aliphatic carbocycles. The molecule has 0 amide bonds. The van der Waals surface area contributed by atoms with E-state index in [0.717, 1.165) is 37.1 Å². The van der Waals surface area contributed by atoms with Gasteiger partial charge in [0.15, 0.2) is 0 Å². The SMILES string of the molecule is CC(NCCC1CC2CCC(C1)N2)C1CCOC1. The molecule has 3 nitrogen and oxygen atoms in total. The second kappa shape index (κ2) is 5.89. The first kappa shape index (κ1) is 12.9. The minimum absolute atomic E-state index is 0.630. The molecule has 3 rings (SSSR count). The maximum atomic E-state index is 5.46. The van der Waals surface area contributed by atoms with E-state index in [9.17, 15) is 0 Å². The van der Waals surface area contributed by atoms with Gasteiger partial charge in [-0.3, -0.25) is 0 Å². The number of piperidine rings is 1. The summed E-state index contributed by atoms with van der Waals surface area (Å²) in [6, 6.07) is 2.31. The van der Waals surface area contributed by atoms with Crippen molar-refractivity contribution in [3.05, 3.63) is 0 Å². The van der Waals surface area contributed by atoms with Gasteiger partial charge in [-0.1, -0.05) is 0 Å². The quantitative estimate of drug-likeness (QED) is 0.784. The van der Waals surface area contributed by atoms with Crippen LogP contribution in [0.5, 0.6) is 0 Å². The van der Waals surface area contributed by atoms with Gasteiger partial charge in [-0.05, 0) is 63.8 Å². The first-order valence-electron chi connectivity index (χ1n) is 7.88. The fraction of sp³-hybridized carbons (Fsp3) is 1.00. The highest BCUT2D eigenvalue weighted by atomic mass is 16.5. The molecule has 0 saturated carbocycles. The molecule has 0 aromatic heterocycles. The predicted molar refractivity (Wildman–Crippen MR) is 73.7 cm³/mol. The Morgan fingerprint density at radius 1 is 1.22 bits per heavy atom. The van der Waals surface area contributed by atoms with Crippen LogP contribution in [0.4, 0.5) is 0 Å². The smallest absolute Gasteiger partial charge is 0.0509 e. The first-order chi connectivity index (χ1) is 8.81. The van der Waals surface area contributed by atoms with E-state index in [0.29, 0.717) is 6.04 Å². The largest absolute Gasteiger partial charge is 0.381 e. The summed E-state index contributed by atoms with van der Waals surface area (Å²) in [5.41, 5.74) is 0.